The maximum atomic E-state index is 13.3. The molecule has 6 rings (SSSR count). The third kappa shape index (κ3) is 5.84. The number of esters is 1. The quantitative estimate of drug-likeness (QED) is 0.257. The fourth-order valence-corrected chi connectivity index (χ4v) is 11.7. The maximum Gasteiger partial charge on any atom is 1.00 e. The average molecular weight is 681 g/mol. The number of benzene rings is 1. The van der Waals surface area contributed by atoms with Gasteiger partial charge in [0.2, 0.25) is 0 Å². The molecular formula is C38H50K2O6. The van der Waals surface area contributed by atoms with E-state index in [2.05, 4.69) is 41.5 Å². The minimum absolute atomic E-state index is 0. The Hall–Kier alpha value is 0.643. The van der Waals surface area contributed by atoms with Gasteiger partial charge in [-0.1, -0.05) is 77.8 Å². The number of fused-ring (bicyclic) bond motifs is 6. The van der Waals surface area contributed by atoms with Crippen LogP contribution < -0.4 is 113 Å². The first-order chi connectivity index (χ1) is 20.4. The summed E-state index contributed by atoms with van der Waals surface area (Å²) in [6, 6.07) is 6.13. The fraction of sp³-hybridized carbons (Fsp3) is 0.711. The van der Waals surface area contributed by atoms with Crippen LogP contribution in [0, 0.1) is 44.3 Å². The molecule has 46 heavy (non-hydrogen) atoms. The van der Waals surface area contributed by atoms with Crippen LogP contribution in [-0.4, -0.2) is 24.0 Å². The van der Waals surface area contributed by atoms with Gasteiger partial charge in [-0.25, -0.2) is 4.79 Å². The predicted octanol–water partition coefficient (Wildman–Crippen LogP) is 0.279. The van der Waals surface area contributed by atoms with Gasteiger partial charge < -0.3 is 24.5 Å². The van der Waals surface area contributed by atoms with Crippen molar-refractivity contribution in [1.82, 2.24) is 0 Å². The van der Waals surface area contributed by atoms with Gasteiger partial charge in [0.1, 0.15) is 6.10 Å². The van der Waals surface area contributed by atoms with Gasteiger partial charge in [-0.05, 0) is 110 Å². The van der Waals surface area contributed by atoms with Crippen LogP contribution in [-0.2, 0) is 9.53 Å². The molecule has 3 saturated carbocycles. The van der Waals surface area contributed by atoms with Gasteiger partial charge in [-0.15, -0.1) is 0 Å². The number of carboxylic acid groups (broad SMARTS) is 2. The number of rotatable bonds is 4. The molecule has 8 heteroatoms. The standard InChI is InChI=1S/C38H52O6.2K/c1-33(2)27-13-12-26-25(36(27,5)16-15-29(33)44-31(41)24-11-9-8-10-23(24)30(39)40)14-17-38(7)28-22-35(4,32(42)43)19-18-34(28,3)20-21-37(26,38)6;;/h8-11,27-29H,12-22H2,1-7H3,(H,39,40)(H,42,43);;/q;2*+1/p-2/t27-,28+,29-,34+,35+,36+,37+,38-;;/m0../s1. The normalized spacial score (nSPS) is 40.8. The van der Waals surface area contributed by atoms with Crippen LogP contribution in [0.2, 0.25) is 0 Å². The van der Waals surface area contributed by atoms with Crippen molar-refractivity contribution in [2.24, 2.45) is 44.3 Å². The van der Waals surface area contributed by atoms with Crippen LogP contribution in [0.1, 0.15) is 140 Å². The van der Waals surface area contributed by atoms with Crippen LogP contribution in [0.3, 0.4) is 0 Å². The number of hydrogen-bond acceptors (Lipinski definition) is 6. The summed E-state index contributed by atoms with van der Waals surface area (Å²) in [5.41, 5.74) is 2.36. The SMILES string of the molecule is CC1(C)[C@@H](OC(=O)c2ccccc2C(=O)[O-])CC[C@]2(C)C3=C(CC[C@@H]12)[C@@]1(C)CC[C@@]2(C)CC[C@@](C)(C(=O)[O-])C[C@H]2[C@]1(C)CC3.[K+].[K+]. The van der Waals surface area contributed by atoms with Crippen molar-refractivity contribution in [2.75, 3.05) is 0 Å². The van der Waals surface area contributed by atoms with Crippen molar-refractivity contribution in [3.63, 3.8) is 0 Å². The number of ether oxygens (including phenoxy) is 1. The smallest absolute Gasteiger partial charge is 0.550 e. The largest absolute Gasteiger partial charge is 1.00 e. The average Bonchev–Trinajstić information content (AvgIpc) is 2.96. The second-order valence-corrected chi connectivity index (χ2v) is 17.1. The molecule has 5 aliphatic rings. The minimum Gasteiger partial charge on any atom is -0.550 e. The van der Waals surface area contributed by atoms with E-state index in [1.54, 1.807) is 23.3 Å². The van der Waals surface area contributed by atoms with Crippen molar-refractivity contribution >= 4 is 17.9 Å². The van der Waals surface area contributed by atoms with E-state index in [0.29, 0.717) is 24.7 Å². The molecule has 0 radical (unpaired) electrons. The zero-order valence-electron chi connectivity index (χ0n) is 29.8. The molecule has 1 aromatic rings. The van der Waals surface area contributed by atoms with E-state index < -0.39 is 23.3 Å². The van der Waals surface area contributed by atoms with E-state index in [-0.39, 0.29) is 147 Å². The number of aromatic carboxylic acids is 1. The number of aliphatic carboxylic acids is 1. The summed E-state index contributed by atoms with van der Waals surface area (Å²) in [5, 5.41) is 24.0. The van der Waals surface area contributed by atoms with Crippen molar-refractivity contribution in [2.45, 2.75) is 125 Å². The zero-order valence-corrected chi connectivity index (χ0v) is 36.0. The molecule has 0 heterocycles. The van der Waals surface area contributed by atoms with E-state index in [1.165, 1.54) is 12.1 Å². The second kappa shape index (κ2) is 13.3. The Labute approximate surface area is 360 Å². The Morgan fingerprint density at radius 3 is 2.00 bits per heavy atom. The van der Waals surface area contributed by atoms with Gasteiger partial charge in [-0.3, -0.25) is 0 Å². The van der Waals surface area contributed by atoms with E-state index >= 15 is 0 Å². The Kier molecular flexibility index (Phi) is 11.4. The Bertz CT molecular complexity index is 1450. The predicted molar refractivity (Wildman–Crippen MR) is 164 cm³/mol. The van der Waals surface area contributed by atoms with Crippen LogP contribution in [0.15, 0.2) is 35.4 Å². The van der Waals surface area contributed by atoms with Crippen molar-refractivity contribution in [1.29, 1.82) is 0 Å². The molecule has 0 saturated heterocycles. The summed E-state index contributed by atoms with van der Waals surface area (Å²) in [5.74, 6) is -2.18. The van der Waals surface area contributed by atoms with Gasteiger partial charge >= 0.3 is 109 Å². The summed E-state index contributed by atoms with van der Waals surface area (Å²) in [6.45, 7) is 16.2. The second-order valence-electron chi connectivity index (χ2n) is 17.1. The van der Waals surface area contributed by atoms with E-state index in [0.717, 1.165) is 57.8 Å². The van der Waals surface area contributed by atoms with Crippen LogP contribution in [0.25, 0.3) is 0 Å². The van der Waals surface area contributed by atoms with Crippen LogP contribution in [0.5, 0.6) is 0 Å². The summed E-state index contributed by atoms with van der Waals surface area (Å²) in [4.78, 5) is 37.3. The molecule has 0 amide bonds. The molecule has 240 valence electrons. The Balaban J connectivity index is 0.00000240. The molecular weight excluding hydrogens is 631 g/mol. The molecule has 8 atom stereocenters. The minimum atomic E-state index is -1.38. The summed E-state index contributed by atoms with van der Waals surface area (Å²) >= 11 is 0. The van der Waals surface area contributed by atoms with Gasteiger partial charge in [0.25, 0.3) is 0 Å². The van der Waals surface area contributed by atoms with Crippen molar-refractivity contribution in [3.05, 3.63) is 46.5 Å². The first-order valence-electron chi connectivity index (χ1n) is 16.9. The molecule has 0 spiro atoms. The number of carbonyl (C=O) groups is 3. The van der Waals surface area contributed by atoms with Gasteiger partial charge in [0.05, 0.1) is 11.5 Å². The molecule has 0 bridgehead atoms. The van der Waals surface area contributed by atoms with Crippen LogP contribution in [0.4, 0.5) is 0 Å². The van der Waals surface area contributed by atoms with Gasteiger partial charge in [0.15, 0.2) is 0 Å². The van der Waals surface area contributed by atoms with E-state index in [4.69, 9.17) is 4.74 Å². The molecule has 0 aliphatic heterocycles. The number of allylic oxidation sites excluding steroid dienone is 2. The maximum absolute atomic E-state index is 13.3. The third-order valence-corrected chi connectivity index (χ3v) is 14.8. The van der Waals surface area contributed by atoms with Crippen molar-refractivity contribution < 1.29 is 132 Å². The van der Waals surface area contributed by atoms with Crippen molar-refractivity contribution in [3.8, 4) is 0 Å². The Morgan fingerprint density at radius 1 is 0.739 bits per heavy atom. The van der Waals surface area contributed by atoms with Gasteiger partial charge in [0, 0.05) is 22.4 Å². The van der Waals surface area contributed by atoms with Gasteiger partial charge in [-0.2, -0.15) is 0 Å². The first kappa shape index (κ1) is 39.4. The summed E-state index contributed by atoms with van der Waals surface area (Å²) in [6.07, 6.45) is 10.2. The molecule has 1 aromatic carbocycles. The molecule has 6 nitrogen and oxygen atoms in total. The molecule has 0 N–H and O–H groups in total. The van der Waals surface area contributed by atoms with Crippen LogP contribution >= 0.6 is 0 Å². The first-order valence-corrected chi connectivity index (χ1v) is 16.9. The fourth-order valence-electron chi connectivity index (χ4n) is 11.7. The summed E-state index contributed by atoms with van der Waals surface area (Å²) in [7, 11) is 0. The number of carboxylic acids is 2. The number of hydrogen-bond donors (Lipinski definition) is 0. The number of carbonyl (C=O) groups excluding carboxylic acids is 3. The molecule has 0 aromatic heterocycles. The molecule has 5 aliphatic carbocycles. The van der Waals surface area contributed by atoms with E-state index in [1.807, 2.05) is 6.92 Å². The zero-order chi connectivity index (χ0) is 32.1. The Morgan fingerprint density at radius 2 is 1.37 bits per heavy atom. The third-order valence-electron chi connectivity index (χ3n) is 14.8. The monoisotopic (exact) mass is 680 g/mol. The molecule has 3 fully saturated rings. The van der Waals surface area contributed by atoms with E-state index in [9.17, 15) is 24.6 Å². The summed E-state index contributed by atoms with van der Waals surface area (Å²) < 4.78 is 6.15. The topological polar surface area (TPSA) is 107 Å². The molecule has 0 unspecified atom stereocenters.